The maximum absolute atomic E-state index is 10.6. The van der Waals surface area contributed by atoms with E-state index in [9.17, 15) is 4.79 Å². The number of para-hydroxylation sites is 1. The van der Waals surface area contributed by atoms with Crippen LogP contribution in [0.15, 0.2) is 28.9 Å². The molecule has 0 bridgehead atoms. The summed E-state index contributed by atoms with van der Waals surface area (Å²) in [5.41, 5.74) is 2.28. The molecule has 3 heteroatoms. The van der Waals surface area contributed by atoms with Gasteiger partial charge in [-0.1, -0.05) is 12.1 Å². The molecule has 1 aromatic heterocycles. The Morgan fingerprint density at radius 2 is 2.27 bits per heavy atom. The standard InChI is InChI=1S/C12H12BrNO/c1-2-14-8-9(6-7-15)10-4-3-5-11(13)12(10)14/h3-5,7-8H,2,6H2,1H3. The van der Waals surface area contributed by atoms with E-state index in [0.29, 0.717) is 6.42 Å². The van der Waals surface area contributed by atoms with Crippen LogP contribution in [0.4, 0.5) is 0 Å². The lowest BCUT2D eigenvalue weighted by Gasteiger charge is -2.01. The molecule has 0 aliphatic heterocycles. The van der Waals surface area contributed by atoms with Crippen molar-refractivity contribution in [2.75, 3.05) is 0 Å². The molecule has 0 saturated carbocycles. The molecular weight excluding hydrogens is 254 g/mol. The van der Waals surface area contributed by atoms with Gasteiger partial charge in [-0.05, 0) is 34.5 Å². The normalized spacial score (nSPS) is 10.8. The zero-order valence-electron chi connectivity index (χ0n) is 8.53. The first-order valence-electron chi connectivity index (χ1n) is 4.97. The molecule has 0 N–H and O–H groups in total. The highest BCUT2D eigenvalue weighted by Crippen LogP contribution is 2.28. The Morgan fingerprint density at radius 3 is 2.93 bits per heavy atom. The van der Waals surface area contributed by atoms with E-state index in [2.05, 4.69) is 39.7 Å². The molecule has 0 radical (unpaired) electrons. The Morgan fingerprint density at radius 1 is 1.47 bits per heavy atom. The molecule has 0 aliphatic rings. The van der Waals surface area contributed by atoms with Gasteiger partial charge in [0, 0.05) is 29.0 Å². The van der Waals surface area contributed by atoms with Crippen molar-refractivity contribution in [2.45, 2.75) is 19.9 Å². The molecule has 2 aromatic rings. The van der Waals surface area contributed by atoms with Crippen LogP contribution in [0.2, 0.25) is 0 Å². The lowest BCUT2D eigenvalue weighted by atomic mass is 10.1. The first-order chi connectivity index (χ1) is 7.27. The highest BCUT2D eigenvalue weighted by molar-refractivity contribution is 9.10. The Hall–Kier alpha value is -1.09. The molecule has 2 rings (SSSR count). The topological polar surface area (TPSA) is 22.0 Å². The average molecular weight is 266 g/mol. The minimum Gasteiger partial charge on any atom is -0.347 e. The van der Waals surface area contributed by atoms with Crippen molar-refractivity contribution in [3.63, 3.8) is 0 Å². The van der Waals surface area contributed by atoms with E-state index < -0.39 is 0 Å². The maximum Gasteiger partial charge on any atom is 0.124 e. The van der Waals surface area contributed by atoms with Crippen LogP contribution < -0.4 is 0 Å². The van der Waals surface area contributed by atoms with E-state index in [-0.39, 0.29) is 0 Å². The summed E-state index contributed by atoms with van der Waals surface area (Å²) in [7, 11) is 0. The molecule has 0 spiro atoms. The zero-order valence-corrected chi connectivity index (χ0v) is 10.1. The van der Waals surface area contributed by atoms with Crippen LogP contribution in [0, 0.1) is 0 Å². The lowest BCUT2D eigenvalue weighted by molar-refractivity contribution is -0.107. The van der Waals surface area contributed by atoms with Gasteiger partial charge in [0.05, 0.1) is 5.52 Å². The number of aryl methyl sites for hydroxylation is 1. The number of fused-ring (bicyclic) bond motifs is 1. The summed E-state index contributed by atoms with van der Waals surface area (Å²) in [4.78, 5) is 10.6. The summed E-state index contributed by atoms with van der Waals surface area (Å²) in [5, 5.41) is 1.17. The molecule has 78 valence electrons. The third kappa shape index (κ3) is 1.72. The first kappa shape index (κ1) is 10.4. The summed E-state index contributed by atoms with van der Waals surface area (Å²) < 4.78 is 3.25. The van der Waals surface area contributed by atoms with Gasteiger partial charge in [-0.15, -0.1) is 0 Å². The second kappa shape index (κ2) is 4.19. The Balaban J connectivity index is 2.74. The first-order valence-corrected chi connectivity index (χ1v) is 5.77. The summed E-state index contributed by atoms with van der Waals surface area (Å²) >= 11 is 3.54. The minimum absolute atomic E-state index is 0.486. The van der Waals surface area contributed by atoms with Gasteiger partial charge in [-0.2, -0.15) is 0 Å². The molecule has 2 nitrogen and oxygen atoms in total. The summed E-state index contributed by atoms with van der Waals surface area (Å²) in [6, 6.07) is 6.09. The van der Waals surface area contributed by atoms with E-state index in [0.717, 1.165) is 22.9 Å². The quantitative estimate of drug-likeness (QED) is 0.782. The van der Waals surface area contributed by atoms with Crippen LogP contribution in [-0.4, -0.2) is 10.9 Å². The number of hydrogen-bond donors (Lipinski definition) is 0. The van der Waals surface area contributed by atoms with Crippen LogP contribution in [0.1, 0.15) is 12.5 Å². The largest absolute Gasteiger partial charge is 0.347 e. The van der Waals surface area contributed by atoms with E-state index in [1.165, 1.54) is 10.9 Å². The summed E-state index contributed by atoms with van der Waals surface area (Å²) in [6.45, 7) is 3.02. The second-order valence-electron chi connectivity index (χ2n) is 3.45. The van der Waals surface area contributed by atoms with Gasteiger partial charge in [0.2, 0.25) is 0 Å². The second-order valence-corrected chi connectivity index (χ2v) is 4.30. The van der Waals surface area contributed by atoms with Crippen molar-refractivity contribution in [2.24, 2.45) is 0 Å². The molecule has 1 aromatic carbocycles. The van der Waals surface area contributed by atoms with Crippen molar-refractivity contribution >= 4 is 33.1 Å². The summed E-state index contributed by atoms with van der Waals surface area (Å²) in [5.74, 6) is 0. The van der Waals surface area contributed by atoms with Gasteiger partial charge in [-0.3, -0.25) is 0 Å². The zero-order chi connectivity index (χ0) is 10.8. The molecule has 0 unspecified atom stereocenters. The van der Waals surface area contributed by atoms with Crippen LogP contribution >= 0.6 is 15.9 Å². The fourth-order valence-electron chi connectivity index (χ4n) is 1.89. The van der Waals surface area contributed by atoms with E-state index in [1.54, 1.807) is 0 Å². The molecule has 0 aliphatic carbocycles. The average Bonchev–Trinajstić information content (AvgIpc) is 2.59. The van der Waals surface area contributed by atoms with Crippen molar-refractivity contribution in [1.29, 1.82) is 0 Å². The molecule has 15 heavy (non-hydrogen) atoms. The molecule has 0 atom stereocenters. The maximum atomic E-state index is 10.6. The summed E-state index contributed by atoms with van der Waals surface area (Å²) in [6.07, 6.45) is 3.50. The van der Waals surface area contributed by atoms with Gasteiger partial charge < -0.3 is 9.36 Å². The number of aromatic nitrogens is 1. The van der Waals surface area contributed by atoms with Gasteiger partial charge >= 0.3 is 0 Å². The smallest absolute Gasteiger partial charge is 0.124 e. The Bertz CT molecular complexity index is 502. The highest BCUT2D eigenvalue weighted by atomic mass is 79.9. The number of aldehydes is 1. The number of halogens is 1. The van der Waals surface area contributed by atoms with Crippen LogP contribution in [0.25, 0.3) is 10.9 Å². The molecule has 1 heterocycles. The predicted molar refractivity (Wildman–Crippen MR) is 65.1 cm³/mol. The third-order valence-electron chi connectivity index (χ3n) is 2.58. The Labute approximate surface area is 97.0 Å². The fourth-order valence-corrected chi connectivity index (χ4v) is 2.48. The minimum atomic E-state index is 0.486. The number of rotatable bonds is 3. The Kier molecular flexibility index (Phi) is 2.91. The molecule has 0 amide bonds. The van der Waals surface area contributed by atoms with Crippen molar-refractivity contribution in [3.8, 4) is 0 Å². The third-order valence-corrected chi connectivity index (χ3v) is 3.22. The molecular formula is C12H12BrNO. The number of nitrogens with zero attached hydrogens (tertiary/aromatic N) is 1. The molecule has 0 saturated heterocycles. The SMILES string of the molecule is CCn1cc(CC=O)c2cccc(Br)c21. The fraction of sp³-hybridized carbons (Fsp3) is 0.250. The number of benzene rings is 1. The number of carbonyl (C=O) groups is 1. The van der Waals surface area contributed by atoms with Gasteiger partial charge in [0.15, 0.2) is 0 Å². The monoisotopic (exact) mass is 265 g/mol. The predicted octanol–water partition coefficient (Wildman–Crippen LogP) is 3.17. The lowest BCUT2D eigenvalue weighted by Crippen LogP contribution is -1.91. The van der Waals surface area contributed by atoms with Crippen LogP contribution in [0.5, 0.6) is 0 Å². The van der Waals surface area contributed by atoms with E-state index in [4.69, 9.17) is 0 Å². The number of hydrogen-bond acceptors (Lipinski definition) is 1. The van der Waals surface area contributed by atoms with Crippen LogP contribution in [0.3, 0.4) is 0 Å². The van der Waals surface area contributed by atoms with Gasteiger partial charge in [0.25, 0.3) is 0 Å². The molecule has 0 fully saturated rings. The van der Waals surface area contributed by atoms with Crippen molar-refractivity contribution in [1.82, 2.24) is 4.57 Å². The highest BCUT2D eigenvalue weighted by Gasteiger charge is 2.09. The van der Waals surface area contributed by atoms with E-state index in [1.807, 2.05) is 12.1 Å². The van der Waals surface area contributed by atoms with Crippen LogP contribution in [-0.2, 0) is 17.8 Å². The van der Waals surface area contributed by atoms with Crippen molar-refractivity contribution in [3.05, 3.63) is 34.4 Å². The van der Waals surface area contributed by atoms with E-state index >= 15 is 0 Å². The van der Waals surface area contributed by atoms with Gasteiger partial charge in [-0.25, -0.2) is 0 Å². The van der Waals surface area contributed by atoms with Crippen molar-refractivity contribution < 1.29 is 4.79 Å². The van der Waals surface area contributed by atoms with Gasteiger partial charge in [0.1, 0.15) is 6.29 Å². The number of carbonyl (C=O) groups excluding carboxylic acids is 1.